The molecule has 0 bridgehead atoms. The van der Waals surface area contributed by atoms with E-state index in [1.807, 2.05) is 0 Å². The Morgan fingerprint density at radius 2 is 2.15 bits per heavy atom. The van der Waals surface area contributed by atoms with Gasteiger partial charge in [-0.3, -0.25) is 19.8 Å². The molecule has 1 aromatic carbocycles. The molecule has 1 aliphatic rings. The van der Waals surface area contributed by atoms with Gasteiger partial charge in [0.25, 0.3) is 11.8 Å². The Labute approximate surface area is 161 Å². The predicted octanol–water partition coefficient (Wildman–Crippen LogP) is 1.36. The van der Waals surface area contributed by atoms with E-state index in [4.69, 9.17) is 26.8 Å². The number of carboxylic acid groups (broad SMARTS) is 1. The lowest BCUT2D eigenvalue weighted by Gasteiger charge is -2.28. The number of nitrogens with zero attached hydrogens (tertiary/aromatic N) is 1. The quantitative estimate of drug-likeness (QED) is 0.313. The Balaban J connectivity index is 2.52. The van der Waals surface area contributed by atoms with Gasteiger partial charge in [-0.2, -0.15) is 0 Å². The molecule has 1 aliphatic heterocycles. The molecule has 0 saturated carbocycles. The lowest BCUT2D eigenvalue weighted by Crippen LogP contribution is -2.53. The minimum Gasteiger partial charge on any atom is -0.493 e. The fourth-order valence-electron chi connectivity index (χ4n) is 2.30. The Kier molecular flexibility index (Phi) is 6.30. The topological polar surface area (TPSA) is 105 Å². The number of carbonyl (C=O) groups excluding carboxylic acids is 2. The van der Waals surface area contributed by atoms with Crippen molar-refractivity contribution in [1.29, 1.82) is 0 Å². The zero-order valence-corrected chi connectivity index (χ0v) is 15.5. The van der Waals surface area contributed by atoms with Crippen LogP contribution in [-0.4, -0.2) is 52.7 Å². The largest absolute Gasteiger partial charge is 0.493 e. The number of carboxylic acids is 1. The highest BCUT2D eigenvalue weighted by Gasteiger charge is 2.33. The van der Waals surface area contributed by atoms with Crippen LogP contribution in [0, 0.1) is 0 Å². The molecular formula is C18H18N2O6S. The van der Waals surface area contributed by atoms with Crippen molar-refractivity contribution in [3.05, 3.63) is 42.0 Å². The van der Waals surface area contributed by atoms with Crippen LogP contribution in [0.25, 0.3) is 6.08 Å². The summed E-state index contributed by atoms with van der Waals surface area (Å²) in [6.07, 6.45) is 1.62. The summed E-state index contributed by atoms with van der Waals surface area (Å²) in [6, 6.07) is 4.78. The van der Waals surface area contributed by atoms with E-state index in [0.717, 1.165) is 0 Å². The zero-order valence-electron chi connectivity index (χ0n) is 14.7. The summed E-state index contributed by atoms with van der Waals surface area (Å²) in [5.41, 5.74) is 0.138. The fraction of sp³-hybridized carbons (Fsp3) is 0.222. The maximum absolute atomic E-state index is 12.6. The Hall–Kier alpha value is -3.20. The minimum atomic E-state index is -1.17. The standard InChI is InChI=1S/C18H18N2O6S/c1-4-8-20-16(22)12(15(21)19-18(20)27)9-11-6-5-7-13(25-3)14(11)26-10(2)17(23)24/h4-7,9-10H,1,8H2,2-3H3,(H,23,24)(H,19,21,27)/b12-9-/t10-/m0/s1. The van der Waals surface area contributed by atoms with Crippen LogP contribution in [-0.2, 0) is 14.4 Å². The molecule has 1 saturated heterocycles. The number of amides is 2. The molecular weight excluding hydrogens is 372 g/mol. The van der Waals surface area contributed by atoms with Crippen LogP contribution in [0.2, 0.25) is 0 Å². The van der Waals surface area contributed by atoms with Crippen molar-refractivity contribution in [3.8, 4) is 11.5 Å². The van der Waals surface area contributed by atoms with Gasteiger partial charge in [0.2, 0.25) is 0 Å². The van der Waals surface area contributed by atoms with Gasteiger partial charge in [-0.15, -0.1) is 6.58 Å². The first-order valence-electron chi connectivity index (χ1n) is 7.86. The number of aliphatic carboxylic acids is 1. The first kappa shape index (κ1) is 20.1. The number of methoxy groups -OCH3 is 1. The summed E-state index contributed by atoms with van der Waals surface area (Å²) in [7, 11) is 1.40. The van der Waals surface area contributed by atoms with Gasteiger partial charge in [-0.25, -0.2) is 4.79 Å². The van der Waals surface area contributed by atoms with Gasteiger partial charge < -0.3 is 14.6 Å². The lowest BCUT2D eigenvalue weighted by atomic mass is 10.1. The molecule has 27 heavy (non-hydrogen) atoms. The molecule has 2 amide bonds. The summed E-state index contributed by atoms with van der Waals surface area (Å²) in [5.74, 6) is -2.06. The van der Waals surface area contributed by atoms with Crippen LogP contribution in [0.5, 0.6) is 11.5 Å². The molecule has 2 N–H and O–H groups in total. The van der Waals surface area contributed by atoms with E-state index in [2.05, 4.69) is 11.9 Å². The van der Waals surface area contributed by atoms with E-state index in [0.29, 0.717) is 5.56 Å². The molecule has 2 rings (SSSR count). The summed E-state index contributed by atoms with van der Waals surface area (Å²) in [6.45, 7) is 5.05. The molecule has 1 fully saturated rings. The van der Waals surface area contributed by atoms with Crippen molar-refractivity contribution < 1.29 is 29.0 Å². The number of ether oxygens (including phenoxy) is 2. The highest BCUT2D eigenvalue weighted by molar-refractivity contribution is 7.80. The van der Waals surface area contributed by atoms with E-state index in [1.165, 1.54) is 31.1 Å². The van der Waals surface area contributed by atoms with Crippen molar-refractivity contribution in [2.24, 2.45) is 0 Å². The third-order valence-corrected chi connectivity index (χ3v) is 3.99. The Bertz CT molecular complexity index is 848. The molecule has 0 spiro atoms. The molecule has 0 aromatic heterocycles. The van der Waals surface area contributed by atoms with Crippen LogP contribution in [0.15, 0.2) is 36.4 Å². The van der Waals surface area contributed by atoms with Crippen molar-refractivity contribution in [3.63, 3.8) is 0 Å². The molecule has 9 heteroatoms. The maximum atomic E-state index is 12.6. The normalized spacial score (nSPS) is 16.7. The first-order valence-corrected chi connectivity index (χ1v) is 8.27. The summed E-state index contributed by atoms with van der Waals surface area (Å²) < 4.78 is 10.7. The number of benzene rings is 1. The second kappa shape index (κ2) is 8.45. The lowest BCUT2D eigenvalue weighted by molar-refractivity contribution is -0.144. The summed E-state index contributed by atoms with van der Waals surface area (Å²) in [5, 5.41) is 11.5. The van der Waals surface area contributed by atoms with Gasteiger partial charge in [0.05, 0.1) is 7.11 Å². The van der Waals surface area contributed by atoms with Gasteiger partial charge >= 0.3 is 5.97 Å². The molecule has 0 aliphatic carbocycles. The molecule has 8 nitrogen and oxygen atoms in total. The van der Waals surface area contributed by atoms with E-state index in [1.54, 1.807) is 18.2 Å². The maximum Gasteiger partial charge on any atom is 0.344 e. The zero-order chi connectivity index (χ0) is 20.1. The van der Waals surface area contributed by atoms with Crippen LogP contribution >= 0.6 is 12.2 Å². The number of hydrogen-bond donors (Lipinski definition) is 2. The van der Waals surface area contributed by atoms with Crippen molar-refractivity contribution >= 4 is 41.2 Å². The number of para-hydroxylation sites is 1. The second-order valence-electron chi connectivity index (χ2n) is 5.50. The smallest absolute Gasteiger partial charge is 0.344 e. The van der Waals surface area contributed by atoms with Crippen molar-refractivity contribution in [1.82, 2.24) is 10.2 Å². The van der Waals surface area contributed by atoms with Crippen LogP contribution < -0.4 is 14.8 Å². The van der Waals surface area contributed by atoms with Crippen molar-refractivity contribution in [2.45, 2.75) is 13.0 Å². The molecule has 1 heterocycles. The van der Waals surface area contributed by atoms with Crippen molar-refractivity contribution in [2.75, 3.05) is 13.7 Å². The molecule has 142 valence electrons. The molecule has 0 radical (unpaired) electrons. The summed E-state index contributed by atoms with van der Waals surface area (Å²) in [4.78, 5) is 37.2. The SMILES string of the molecule is C=CCN1C(=O)/C(=C\c2cccc(OC)c2O[C@@H](C)C(=O)O)C(=O)NC1=S. The predicted molar refractivity (Wildman–Crippen MR) is 101 cm³/mol. The second-order valence-corrected chi connectivity index (χ2v) is 5.89. The van der Waals surface area contributed by atoms with Gasteiger partial charge in [0.15, 0.2) is 22.7 Å². The van der Waals surface area contributed by atoms with Crippen LogP contribution in [0.1, 0.15) is 12.5 Å². The average molecular weight is 390 g/mol. The number of rotatable bonds is 7. The average Bonchev–Trinajstić information content (AvgIpc) is 2.62. The highest BCUT2D eigenvalue weighted by atomic mass is 32.1. The molecule has 1 atom stereocenters. The summed E-state index contributed by atoms with van der Waals surface area (Å²) >= 11 is 5.00. The van der Waals surface area contributed by atoms with E-state index >= 15 is 0 Å². The highest BCUT2D eigenvalue weighted by Crippen LogP contribution is 2.34. The van der Waals surface area contributed by atoms with Gasteiger partial charge in [-0.1, -0.05) is 18.2 Å². The number of thiocarbonyl (C=S) groups is 1. The van der Waals surface area contributed by atoms with Gasteiger partial charge in [0.1, 0.15) is 5.57 Å². The van der Waals surface area contributed by atoms with E-state index in [-0.39, 0.29) is 28.7 Å². The number of hydrogen-bond acceptors (Lipinski definition) is 6. The third-order valence-electron chi connectivity index (χ3n) is 3.67. The Morgan fingerprint density at radius 3 is 2.74 bits per heavy atom. The fourth-order valence-corrected chi connectivity index (χ4v) is 2.56. The van der Waals surface area contributed by atoms with Gasteiger partial charge in [-0.05, 0) is 31.3 Å². The number of nitrogens with one attached hydrogen (secondary N) is 1. The van der Waals surface area contributed by atoms with E-state index < -0.39 is 23.9 Å². The van der Waals surface area contributed by atoms with Crippen LogP contribution in [0.3, 0.4) is 0 Å². The molecule has 0 unspecified atom stereocenters. The minimum absolute atomic E-state index is 0.0105. The molecule has 1 aromatic rings. The Morgan fingerprint density at radius 1 is 1.44 bits per heavy atom. The van der Waals surface area contributed by atoms with E-state index in [9.17, 15) is 14.4 Å². The third kappa shape index (κ3) is 4.32. The van der Waals surface area contributed by atoms with Crippen LogP contribution in [0.4, 0.5) is 0 Å². The monoisotopic (exact) mass is 390 g/mol. The van der Waals surface area contributed by atoms with Gasteiger partial charge in [0, 0.05) is 12.1 Å². The first-order chi connectivity index (χ1) is 12.8. The number of carbonyl (C=O) groups is 3.